The van der Waals surface area contributed by atoms with Crippen LogP contribution in [0.15, 0.2) is 52.6 Å². The van der Waals surface area contributed by atoms with Gasteiger partial charge in [-0.15, -0.1) is 0 Å². The molecule has 23 heavy (non-hydrogen) atoms. The SMILES string of the molecule is O=C(NCCCn1ccnc1)[C@H]1CC(c2cccc(Br)c2)=NO1. The van der Waals surface area contributed by atoms with Gasteiger partial charge in [-0.05, 0) is 18.6 Å². The van der Waals surface area contributed by atoms with Crippen molar-refractivity contribution in [3.05, 3.63) is 53.0 Å². The highest BCUT2D eigenvalue weighted by molar-refractivity contribution is 9.10. The van der Waals surface area contributed by atoms with Gasteiger partial charge in [-0.25, -0.2) is 4.98 Å². The standard InChI is InChI=1S/C16H17BrN4O2/c17-13-4-1-3-12(9-13)14-10-15(23-20-14)16(22)19-5-2-7-21-8-6-18-11-21/h1,3-4,6,8-9,11,15H,2,5,7,10H2,(H,19,22)/t15-/m1/s1. The fraction of sp³-hybridized carbons (Fsp3) is 0.312. The van der Waals surface area contributed by atoms with Gasteiger partial charge >= 0.3 is 0 Å². The van der Waals surface area contributed by atoms with E-state index < -0.39 is 6.10 Å². The number of nitrogens with zero attached hydrogens (tertiary/aromatic N) is 3. The average molecular weight is 377 g/mol. The van der Waals surface area contributed by atoms with E-state index >= 15 is 0 Å². The summed E-state index contributed by atoms with van der Waals surface area (Å²) in [5, 5.41) is 6.93. The van der Waals surface area contributed by atoms with Crippen LogP contribution < -0.4 is 5.32 Å². The van der Waals surface area contributed by atoms with E-state index in [0.717, 1.165) is 28.7 Å². The molecule has 2 aromatic rings. The summed E-state index contributed by atoms with van der Waals surface area (Å²) in [4.78, 5) is 21.4. The summed E-state index contributed by atoms with van der Waals surface area (Å²) in [6, 6.07) is 7.81. The van der Waals surface area contributed by atoms with Crippen LogP contribution in [0.1, 0.15) is 18.4 Å². The number of aryl methyl sites for hydroxylation is 1. The number of benzene rings is 1. The molecule has 0 saturated heterocycles. The Bertz CT molecular complexity index is 700. The molecule has 0 bridgehead atoms. The number of hydrogen-bond acceptors (Lipinski definition) is 4. The molecule has 0 saturated carbocycles. The van der Waals surface area contributed by atoms with E-state index in [1.165, 1.54) is 0 Å². The van der Waals surface area contributed by atoms with Crippen molar-refractivity contribution in [2.24, 2.45) is 5.16 Å². The molecule has 0 unspecified atom stereocenters. The quantitative estimate of drug-likeness (QED) is 0.786. The minimum absolute atomic E-state index is 0.121. The summed E-state index contributed by atoms with van der Waals surface area (Å²) in [6.07, 6.45) is 6.20. The first kappa shape index (κ1) is 15.7. The van der Waals surface area contributed by atoms with Crippen LogP contribution in [0.2, 0.25) is 0 Å². The maximum Gasteiger partial charge on any atom is 0.264 e. The molecule has 0 spiro atoms. The predicted octanol–water partition coefficient (Wildman–Crippen LogP) is 2.35. The second-order valence-corrected chi connectivity index (χ2v) is 6.21. The van der Waals surface area contributed by atoms with Crippen LogP contribution >= 0.6 is 15.9 Å². The Morgan fingerprint density at radius 3 is 3.17 bits per heavy atom. The summed E-state index contributed by atoms with van der Waals surface area (Å²) in [5.41, 5.74) is 1.76. The minimum atomic E-state index is -0.544. The lowest BCUT2D eigenvalue weighted by Gasteiger charge is -2.09. The topological polar surface area (TPSA) is 68.5 Å². The van der Waals surface area contributed by atoms with Crippen molar-refractivity contribution < 1.29 is 9.63 Å². The summed E-state index contributed by atoms with van der Waals surface area (Å²) < 4.78 is 2.96. The van der Waals surface area contributed by atoms with Crippen molar-refractivity contribution in [1.82, 2.24) is 14.9 Å². The van der Waals surface area contributed by atoms with Crippen LogP contribution in [0.3, 0.4) is 0 Å². The number of imidazole rings is 1. The van der Waals surface area contributed by atoms with Gasteiger partial charge in [0.15, 0.2) is 0 Å². The molecule has 6 nitrogen and oxygen atoms in total. The third kappa shape index (κ3) is 4.19. The molecule has 120 valence electrons. The van der Waals surface area contributed by atoms with Gasteiger partial charge in [-0.3, -0.25) is 4.79 Å². The molecule has 1 atom stereocenters. The molecule has 0 fully saturated rings. The van der Waals surface area contributed by atoms with Gasteiger partial charge < -0.3 is 14.7 Å². The molecule has 1 aromatic carbocycles. The molecule has 0 radical (unpaired) electrons. The fourth-order valence-electron chi connectivity index (χ4n) is 2.36. The van der Waals surface area contributed by atoms with E-state index in [4.69, 9.17) is 4.84 Å². The fourth-order valence-corrected chi connectivity index (χ4v) is 2.76. The molecular formula is C16H17BrN4O2. The van der Waals surface area contributed by atoms with E-state index in [1.54, 1.807) is 12.5 Å². The molecule has 0 aliphatic carbocycles. The minimum Gasteiger partial charge on any atom is -0.382 e. The Morgan fingerprint density at radius 1 is 1.48 bits per heavy atom. The molecule has 7 heteroatoms. The number of hydrogen-bond donors (Lipinski definition) is 1. The Hall–Kier alpha value is -2.15. The van der Waals surface area contributed by atoms with Crippen molar-refractivity contribution in [1.29, 1.82) is 0 Å². The highest BCUT2D eigenvalue weighted by Crippen LogP contribution is 2.19. The predicted molar refractivity (Wildman–Crippen MR) is 90.0 cm³/mol. The number of halogens is 1. The van der Waals surface area contributed by atoms with Crippen LogP contribution in [0.4, 0.5) is 0 Å². The van der Waals surface area contributed by atoms with E-state index in [0.29, 0.717) is 13.0 Å². The Kier molecular flexibility index (Phi) is 5.07. The average Bonchev–Trinajstić information content (AvgIpc) is 3.23. The Morgan fingerprint density at radius 2 is 2.39 bits per heavy atom. The van der Waals surface area contributed by atoms with Crippen molar-refractivity contribution >= 4 is 27.5 Å². The molecule has 3 rings (SSSR count). The third-order valence-corrected chi connectivity index (χ3v) is 4.06. The van der Waals surface area contributed by atoms with Gasteiger partial charge in [0, 0.05) is 41.9 Å². The first-order valence-electron chi connectivity index (χ1n) is 7.44. The number of carbonyl (C=O) groups excluding carboxylic acids is 1. The largest absolute Gasteiger partial charge is 0.382 e. The first-order valence-corrected chi connectivity index (χ1v) is 8.24. The lowest BCUT2D eigenvalue weighted by molar-refractivity contribution is -0.131. The van der Waals surface area contributed by atoms with Gasteiger partial charge in [-0.2, -0.15) is 0 Å². The molecule has 1 aliphatic heterocycles. The van der Waals surface area contributed by atoms with Crippen molar-refractivity contribution in [2.45, 2.75) is 25.5 Å². The van der Waals surface area contributed by atoms with Gasteiger partial charge in [0.25, 0.3) is 5.91 Å². The molecule has 1 aliphatic rings. The highest BCUT2D eigenvalue weighted by Gasteiger charge is 2.28. The van der Waals surface area contributed by atoms with Gasteiger partial charge in [0.1, 0.15) is 0 Å². The van der Waals surface area contributed by atoms with Crippen molar-refractivity contribution in [3.63, 3.8) is 0 Å². The second kappa shape index (κ2) is 7.41. The summed E-state index contributed by atoms with van der Waals surface area (Å²) >= 11 is 3.43. The zero-order valence-electron chi connectivity index (χ0n) is 12.5. The number of oxime groups is 1. The third-order valence-electron chi connectivity index (χ3n) is 3.57. The zero-order chi connectivity index (χ0) is 16.1. The number of aromatic nitrogens is 2. The van der Waals surface area contributed by atoms with Crippen molar-refractivity contribution in [3.8, 4) is 0 Å². The number of amides is 1. The van der Waals surface area contributed by atoms with Crippen LogP contribution in [-0.4, -0.2) is 33.8 Å². The lowest BCUT2D eigenvalue weighted by Crippen LogP contribution is -2.35. The van der Waals surface area contributed by atoms with E-state index in [9.17, 15) is 4.79 Å². The Balaban J connectivity index is 1.43. The van der Waals surface area contributed by atoms with Gasteiger partial charge in [-0.1, -0.05) is 33.2 Å². The van der Waals surface area contributed by atoms with E-state index in [-0.39, 0.29) is 5.91 Å². The smallest absolute Gasteiger partial charge is 0.264 e. The maximum atomic E-state index is 12.1. The molecule has 1 aromatic heterocycles. The van der Waals surface area contributed by atoms with E-state index in [2.05, 4.69) is 31.4 Å². The normalized spacial score (nSPS) is 16.7. The van der Waals surface area contributed by atoms with Crippen LogP contribution in [-0.2, 0) is 16.2 Å². The number of carbonyl (C=O) groups is 1. The number of rotatable bonds is 6. The maximum absolute atomic E-state index is 12.1. The summed E-state index contributed by atoms with van der Waals surface area (Å²) in [7, 11) is 0. The van der Waals surface area contributed by atoms with Gasteiger partial charge in [0.05, 0.1) is 12.0 Å². The second-order valence-electron chi connectivity index (χ2n) is 5.29. The van der Waals surface area contributed by atoms with Crippen LogP contribution in [0.25, 0.3) is 0 Å². The van der Waals surface area contributed by atoms with Crippen LogP contribution in [0.5, 0.6) is 0 Å². The van der Waals surface area contributed by atoms with Gasteiger partial charge in [0.2, 0.25) is 6.10 Å². The molecule has 2 heterocycles. The van der Waals surface area contributed by atoms with Crippen molar-refractivity contribution in [2.75, 3.05) is 6.54 Å². The summed E-state index contributed by atoms with van der Waals surface area (Å²) in [5.74, 6) is -0.121. The number of nitrogens with one attached hydrogen (secondary N) is 1. The zero-order valence-corrected chi connectivity index (χ0v) is 14.1. The first-order chi connectivity index (χ1) is 11.2. The molecule has 1 amide bonds. The monoisotopic (exact) mass is 376 g/mol. The molecular weight excluding hydrogens is 360 g/mol. The Labute approximate surface area is 142 Å². The highest BCUT2D eigenvalue weighted by atomic mass is 79.9. The van der Waals surface area contributed by atoms with E-state index in [1.807, 2.05) is 35.0 Å². The summed E-state index contributed by atoms with van der Waals surface area (Å²) in [6.45, 7) is 1.43. The van der Waals surface area contributed by atoms with Crippen LogP contribution in [0, 0.1) is 0 Å². The lowest BCUT2D eigenvalue weighted by atomic mass is 10.0. The molecule has 1 N–H and O–H groups in total.